The van der Waals surface area contributed by atoms with Gasteiger partial charge < -0.3 is 11.1 Å². The van der Waals surface area contributed by atoms with E-state index in [1.165, 1.54) is 6.33 Å². The highest BCUT2D eigenvalue weighted by Gasteiger charge is 2.08. The number of nitriles is 1. The zero-order valence-corrected chi connectivity index (χ0v) is 11.2. The molecule has 3 N–H and O–H groups in total. The lowest BCUT2D eigenvalue weighted by Gasteiger charge is -2.10. The molecule has 5 nitrogen and oxygen atoms in total. The Morgan fingerprint density at radius 2 is 2.17 bits per heavy atom. The van der Waals surface area contributed by atoms with E-state index in [2.05, 4.69) is 37.3 Å². The maximum absolute atomic E-state index is 9.05. The fraction of sp³-hybridized carbons (Fsp3) is 0.0833. The second-order valence-electron chi connectivity index (χ2n) is 3.66. The first-order valence-corrected chi connectivity index (χ1v) is 5.95. The van der Waals surface area contributed by atoms with E-state index in [9.17, 15) is 0 Å². The number of nitrogens with two attached hydrogens (primary N) is 1. The molecular formula is C12H10BrN5. The lowest BCUT2D eigenvalue weighted by molar-refractivity contribution is 1.14. The molecule has 0 atom stereocenters. The molecule has 90 valence electrons. The van der Waals surface area contributed by atoms with Crippen LogP contribution in [-0.2, 0) is 0 Å². The lowest BCUT2D eigenvalue weighted by Crippen LogP contribution is -2.03. The van der Waals surface area contributed by atoms with Crippen LogP contribution in [0.5, 0.6) is 0 Å². The van der Waals surface area contributed by atoms with E-state index in [0.29, 0.717) is 22.9 Å². The molecule has 0 amide bonds. The third-order valence-corrected chi connectivity index (χ3v) is 2.97. The van der Waals surface area contributed by atoms with E-state index in [4.69, 9.17) is 11.0 Å². The van der Waals surface area contributed by atoms with Crippen LogP contribution in [0.25, 0.3) is 0 Å². The first-order chi connectivity index (χ1) is 8.61. The number of benzene rings is 1. The van der Waals surface area contributed by atoms with Gasteiger partial charge in [0.05, 0.1) is 11.3 Å². The number of rotatable bonds is 2. The second-order valence-corrected chi connectivity index (χ2v) is 4.57. The molecule has 1 aromatic carbocycles. The standard InChI is InChI=1S/C12H10BrN5/c1-7-11(15)16-6-17-12(7)18-10-4-9(13)3-2-8(10)5-14/h2-4,6H,1H3,(H3,15,16,17,18). The molecule has 1 aromatic heterocycles. The number of hydrogen-bond acceptors (Lipinski definition) is 5. The monoisotopic (exact) mass is 303 g/mol. The molecule has 0 radical (unpaired) electrons. The van der Waals surface area contributed by atoms with E-state index in [1.54, 1.807) is 6.07 Å². The molecular weight excluding hydrogens is 294 g/mol. The second kappa shape index (κ2) is 5.02. The number of nitrogens with zero attached hydrogens (tertiary/aromatic N) is 3. The van der Waals surface area contributed by atoms with Gasteiger partial charge in [0.25, 0.3) is 0 Å². The topological polar surface area (TPSA) is 87.6 Å². The van der Waals surface area contributed by atoms with Crippen LogP contribution >= 0.6 is 15.9 Å². The normalized spacial score (nSPS) is 9.83. The Balaban J connectivity index is 2.43. The average Bonchev–Trinajstić information content (AvgIpc) is 2.35. The van der Waals surface area contributed by atoms with E-state index < -0.39 is 0 Å². The Morgan fingerprint density at radius 1 is 1.39 bits per heavy atom. The van der Waals surface area contributed by atoms with Gasteiger partial charge in [-0.05, 0) is 25.1 Å². The summed E-state index contributed by atoms with van der Waals surface area (Å²) in [4.78, 5) is 8.01. The fourth-order valence-corrected chi connectivity index (χ4v) is 1.80. The molecule has 0 bridgehead atoms. The number of aromatic nitrogens is 2. The molecule has 0 aliphatic heterocycles. The summed E-state index contributed by atoms with van der Waals surface area (Å²) in [5, 5.41) is 12.1. The van der Waals surface area contributed by atoms with Crippen molar-refractivity contribution >= 4 is 33.3 Å². The Labute approximate surface area is 113 Å². The number of halogens is 1. The zero-order valence-electron chi connectivity index (χ0n) is 9.61. The smallest absolute Gasteiger partial charge is 0.138 e. The Hall–Kier alpha value is -2.13. The predicted octanol–water partition coefficient (Wildman–Crippen LogP) is 2.75. The minimum Gasteiger partial charge on any atom is -0.383 e. The maximum atomic E-state index is 9.05. The number of nitrogens with one attached hydrogen (secondary N) is 1. The number of nitrogen functional groups attached to an aromatic ring is 1. The van der Waals surface area contributed by atoms with Gasteiger partial charge in [-0.15, -0.1) is 0 Å². The van der Waals surface area contributed by atoms with Crippen LogP contribution in [0.2, 0.25) is 0 Å². The molecule has 0 fully saturated rings. The summed E-state index contributed by atoms with van der Waals surface area (Å²) in [5.41, 5.74) is 7.67. The Bertz CT molecular complexity index is 633. The third-order valence-electron chi connectivity index (χ3n) is 2.48. The zero-order chi connectivity index (χ0) is 13.1. The Morgan fingerprint density at radius 3 is 2.89 bits per heavy atom. The molecule has 6 heteroatoms. The molecule has 0 aliphatic carbocycles. The van der Waals surface area contributed by atoms with E-state index >= 15 is 0 Å². The van der Waals surface area contributed by atoms with Crippen LogP contribution in [0.15, 0.2) is 29.0 Å². The van der Waals surface area contributed by atoms with E-state index in [-0.39, 0.29) is 0 Å². The summed E-state index contributed by atoms with van der Waals surface area (Å²) in [6, 6.07) is 7.47. The van der Waals surface area contributed by atoms with Crippen LogP contribution in [0.3, 0.4) is 0 Å². The fourth-order valence-electron chi connectivity index (χ4n) is 1.43. The number of anilines is 3. The first kappa shape index (κ1) is 12.3. The van der Waals surface area contributed by atoms with E-state index in [1.807, 2.05) is 19.1 Å². The van der Waals surface area contributed by atoms with Gasteiger partial charge in [0.2, 0.25) is 0 Å². The number of hydrogen-bond donors (Lipinski definition) is 2. The van der Waals surface area contributed by atoms with Crippen LogP contribution in [0.4, 0.5) is 17.3 Å². The van der Waals surface area contributed by atoms with Crippen molar-refractivity contribution in [1.29, 1.82) is 5.26 Å². The minimum atomic E-state index is 0.418. The summed E-state index contributed by atoms with van der Waals surface area (Å²) < 4.78 is 0.878. The lowest BCUT2D eigenvalue weighted by atomic mass is 10.2. The van der Waals surface area contributed by atoms with Crippen LogP contribution in [-0.4, -0.2) is 9.97 Å². The first-order valence-electron chi connectivity index (χ1n) is 5.15. The highest BCUT2D eigenvalue weighted by molar-refractivity contribution is 9.10. The van der Waals surface area contributed by atoms with Gasteiger partial charge >= 0.3 is 0 Å². The highest BCUT2D eigenvalue weighted by Crippen LogP contribution is 2.26. The van der Waals surface area contributed by atoms with Gasteiger partial charge in [-0.3, -0.25) is 0 Å². The van der Waals surface area contributed by atoms with Gasteiger partial charge in [0.15, 0.2) is 0 Å². The van der Waals surface area contributed by atoms with Crippen molar-refractivity contribution in [2.24, 2.45) is 0 Å². The Kier molecular flexibility index (Phi) is 3.44. The maximum Gasteiger partial charge on any atom is 0.138 e. The predicted molar refractivity (Wildman–Crippen MR) is 73.3 cm³/mol. The van der Waals surface area contributed by atoms with Gasteiger partial charge in [0, 0.05) is 10.0 Å². The van der Waals surface area contributed by atoms with Crippen molar-refractivity contribution in [1.82, 2.24) is 9.97 Å². The molecule has 0 unspecified atom stereocenters. The average molecular weight is 304 g/mol. The molecule has 18 heavy (non-hydrogen) atoms. The minimum absolute atomic E-state index is 0.418. The summed E-state index contributed by atoms with van der Waals surface area (Å²) in [6.07, 6.45) is 1.38. The molecule has 1 heterocycles. The highest BCUT2D eigenvalue weighted by atomic mass is 79.9. The third kappa shape index (κ3) is 2.41. The molecule has 0 saturated carbocycles. The van der Waals surface area contributed by atoms with Gasteiger partial charge in [-0.25, -0.2) is 9.97 Å². The van der Waals surface area contributed by atoms with Crippen molar-refractivity contribution in [2.45, 2.75) is 6.92 Å². The van der Waals surface area contributed by atoms with E-state index in [0.717, 1.165) is 10.0 Å². The molecule has 0 saturated heterocycles. The molecule has 2 aromatic rings. The SMILES string of the molecule is Cc1c(N)ncnc1Nc1cc(Br)ccc1C#N. The summed E-state index contributed by atoms with van der Waals surface area (Å²) in [6.45, 7) is 1.82. The molecule has 0 spiro atoms. The van der Waals surface area contributed by atoms with Gasteiger partial charge in [0.1, 0.15) is 24.0 Å². The van der Waals surface area contributed by atoms with Crippen molar-refractivity contribution in [3.8, 4) is 6.07 Å². The van der Waals surface area contributed by atoms with Crippen molar-refractivity contribution in [3.05, 3.63) is 40.1 Å². The van der Waals surface area contributed by atoms with Crippen molar-refractivity contribution in [2.75, 3.05) is 11.1 Å². The molecule has 2 rings (SSSR count). The summed E-state index contributed by atoms with van der Waals surface area (Å²) in [5.74, 6) is 1.01. The largest absolute Gasteiger partial charge is 0.383 e. The van der Waals surface area contributed by atoms with Crippen LogP contribution in [0, 0.1) is 18.3 Å². The molecule has 0 aliphatic rings. The van der Waals surface area contributed by atoms with Crippen molar-refractivity contribution in [3.63, 3.8) is 0 Å². The summed E-state index contributed by atoms with van der Waals surface area (Å²) in [7, 11) is 0. The van der Waals surface area contributed by atoms with Crippen LogP contribution < -0.4 is 11.1 Å². The van der Waals surface area contributed by atoms with Crippen molar-refractivity contribution < 1.29 is 0 Å². The van der Waals surface area contributed by atoms with Gasteiger partial charge in [-0.2, -0.15) is 5.26 Å². The van der Waals surface area contributed by atoms with Gasteiger partial charge in [-0.1, -0.05) is 15.9 Å². The van der Waals surface area contributed by atoms with Crippen LogP contribution in [0.1, 0.15) is 11.1 Å². The quantitative estimate of drug-likeness (QED) is 0.890. The summed E-state index contributed by atoms with van der Waals surface area (Å²) >= 11 is 3.36.